The third kappa shape index (κ3) is 5.13. The fraction of sp³-hybridized carbons (Fsp3) is 0.278. The summed E-state index contributed by atoms with van der Waals surface area (Å²) in [6.07, 6.45) is -4.71. The molecule has 0 fully saturated rings. The van der Waals surface area contributed by atoms with Crippen LogP contribution in [0.15, 0.2) is 47.4 Å². The van der Waals surface area contributed by atoms with Crippen LogP contribution in [0.5, 0.6) is 0 Å². The number of rotatable bonds is 7. The van der Waals surface area contributed by atoms with E-state index in [9.17, 15) is 36.5 Å². The lowest BCUT2D eigenvalue weighted by atomic mass is 10.1. The zero-order valence-electron chi connectivity index (χ0n) is 15.9. The predicted molar refractivity (Wildman–Crippen MR) is 102 cm³/mol. The van der Waals surface area contributed by atoms with Crippen molar-refractivity contribution in [1.82, 2.24) is 4.31 Å². The summed E-state index contributed by atoms with van der Waals surface area (Å²) < 4.78 is 65.8. The number of hydrogen-bond acceptors (Lipinski definition) is 5. The lowest BCUT2D eigenvalue weighted by molar-refractivity contribution is -0.385. The van der Waals surface area contributed by atoms with Crippen LogP contribution in [0, 0.1) is 17.0 Å². The molecule has 0 radical (unpaired) electrons. The molecule has 0 atom stereocenters. The Hall–Kier alpha value is -2.99. The lowest BCUT2D eigenvalue weighted by Crippen LogP contribution is -2.38. The van der Waals surface area contributed by atoms with Crippen LogP contribution in [0.3, 0.4) is 0 Å². The van der Waals surface area contributed by atoms with Crippen molar-refractivity contribution >= 4 is 27.3 Å². The first-order valence-electron chi connectivity index (χ1n) is 8.59. The monoisotopic (exact) mass is 445 g/mol. The van der Waals surface area contributed by atoms with E-state index in [4.69, 9.17) is 0 Å². The van der Waals surface area contributed by atoms with Gasteiger partial charge in [0.1, 0.15) is 0 Å². The highest BCUT2D eigenvalue weighted by Gasteiger charge is 2.34. The molecule has 0 aliphatic rings. The number of amides is 1. The van der Waals surface area contributed by atoms with Crippen LogP contribution in [0.25, 0.3) is 0 Å². The number of benzene rings is 2. The molecule has 2 aromatic rings. The maximum Gasteiger partial charge on any atom is 0.418 e. The topological polar surface area (TPSA) is 110 Å². The SMILES string of the molecule is CCN(CC(=O)Nc1ccccc1C(F)(F)F)S(=O)(=O)c1cc([N+](=O)[O-])ccc1C. The largest absolute Gasteiger partial charge is 0.418 e. The Morgan fingerprint density at radius 3 is 2.40 bits per heavy atom. The molecule has 0 saturated carbocycles. The molecule has 0 heterocycles. The normalized spacial score (nSPS) is 12.1. The van der Waals surface area contributed by atoms with Gasteiger partial charge in [-0.1, -0.05) is 25.1 Å². The van der Waals surface area contributed by atoms with Crippen molar-refractivity contribution in [2.75, 3.05) is 18.4 Å². The number of alkyl halides is 3. The number of nitrogens with one attached hydrogen (secondary N) is 1. The number of hydrogen-bond donors (Lipinski definition) is 1. The first-order chi connectivity index (χ1) is 13.9. The summed E-state index contributed by atoms with van der Waals surface area (Å²) in [5, 5.41) is 13.0. The highest BCUT2D eigenvalue weighted by Crippen LogP contribution is 2.34. The van der Waals surface area contributed by atoms with Crippen LogP contribution in [0.2, 0.25) is 0 Å². The van der Waals surface area contributed by atoms with Crippen LogP contribution in [-0.2, 0) is 21.0 Å². The smallest absolute Gasteiger partial charge is 0.324 e. The molecule has 2 rings (SSSR count). The molecule has 2 aromatic carbocycles. The van der Waals surface area contributed by atoms with Gasteiger partial charge in [-0.25, -0.2) is 8.42 Å². The van der Waals surface area contributed by atoms with E-state index in [0.717, 1.165) is 34.6 Å². The molecule has 0 saturated heterocycles. The number of carbonyl (C=O) groups is 1. The Kier molecular flexibility index (Phi) is 6.83. The number of non-ortho nitro benzene ring substituents is 1. The molecule has 1 amide bonds. The van der Waals surface area contributed by atoms with Gasteiger partial charge in [-0.05, 0) is 24.6 Å². The number of nitro benzene ring substituents is 1. The van der Waals surface area contributed by atoms with Gasteiger partial charge in [0.25, 0.3) is 5.69 Å². The van der Waals surface area contributed by atoms with E-state index < -0.39 is 50.5 Å². The number of para-hydroxylation sites is 1. The van der Waals surface area contributed by atoms with E-state index in [1.54, 1.807) is 0 Å². The summed E-state index contributed by atoms with van der Waals surface area (Å²) in [5.41, 5.74) is -1.80. The Balaban J connectivity index is 2.30. The third-order valence-electron chi connectivity index (χ3n) is 4.18. The van der Waals surface area contributed by atoms with Gasteiger partial charge in [-0.2, -0.15) is 17.5 Å². The van der Waals surface area contributed by atoms with Crippen molar-refractivity contribution in [2.24, 2.45) is 0 Å². The summed E-state index contributed by atoms with van der Waals surface area (Å²) in [6, 6.07) is 7.58. The molecule has 0 spiro atoms. The van der Waals surface area contributed by atoms with Gasteiger partial charge in [-0.3, -0.25) is 14.9 Å². The second-order valence-corrected chi connectivity index (χ2v) is 8.14. The molecule has 8 nitrogen and oxygen atoms in total. The number of nitro groups is 1. The summed E-state index contributed by atoms with van der Waals surface area (Å²) in [4.78, 5) is 22.2. The number of anilines is 1. The van der Waals surface area contributed by atoms with Crippen molar-refractivity contribution in [3.05, 3.63) is 63.7 Å². The maximum absolute atomic E-state index is 13.1. The summed E-state index contributed by atoms with van der Waals surface area (Å²) in [7, 11) is -4.32. The van der Waals surface area contributed by atoms with Crippen molar-refractivity contribution in [3.63, 3.8) is 0 Å². The molecule has 0 aliphatic carbocycles. The van der Waals surface area contributed by atoms with Crippen molar-refractivity contribution in [3.8, 4) is 0 Å². The minimum atomic E-state index is -4.71. The number of nitrogens with zero attached hydrogens (tertiary/aromatic N) is 2. The van der Waals surface area contributed by atoms with E-state index in [1.807, 2.05) is 0 Å². The maximum atomic E-state index is 13.1. The zero-order chi connectivity index (χ0) is 22.7. The Morgan fingerprint density at radius 2 is 1.83 bits per heavy atom. The third-order valence-corrected chi connectivity index (χ3v) is 6.24. The average Bonchev–Trinajstić information content (AvgIpc) is 2.65. The first-order valence-corrected chi connectivity index (χ1v) is 10.0. The Morgan fingerprint density at radius 1 is 1.20 bits per heavy atom. The fourth-order valence-electron chi connectivity index (χ4n) is 2.68. The van der Waals surface area contributed by atoms with Crippen LogP contribution < -0.4 is 5.32 Å². The van der Waals surface area contributed by atoms with Gasteiger partial charge in [0.15, 0.2) is 0 Å². The summed E-state index contributed by atoms with van der Waals surface area (Å²) in [5.74, 6) is -0.986. The Labute approximate surface area is 170 Å². The zero-order valence-corrected chi connectivity index (χ0v) is 16.7. The molecule has 0 aliphatic heterocycles. The molecule has 0 aromatic heterocycles. The molecule has 12 heteroatoms. The number of sulfonamides is 1. The first kappa shape index (κ1) is 23.3. The van der Waals surface area contributed by atoms with Gasteiger partial charge in [0, 0.05) is 18.7 Å². The fourth-order valence-corrected chi connectivity index (χ4v) is 4.33. The van der Waals surface area contributed by atoms with Crippen molar-refractivity contribution in [1.29, 1.82) is 0 Å². The van der Waals surface area contributed by atoms with Gasteiger partial charge < -0.3 is 5.32 Å². The highest BCUT2D eigenvalue weighted by atomic mass is 32.2. The average molecular weight is 445 g/mol. The van der Waals surface area contributed by atoms with Gasteiger partial charge >= 0.3 is 6.18 Å². The van der Waals surface area contributed by atoms with E-state index in [1.165, 1.54) is 26.0 Å². The van der Waals surface area contributed by atoms with E-state index in [2.05, 4.69) is 5.32 Å². The van der Waals surface area contributed by atoms with E-state index in [-0.39, 0.29) is 17.0 Å². The van der Waals surface area contributed by atoms with Gasteiger partial charge in [-0.15, -0.1) is 0 Å². The molecular formula is C18H18F3N3O5S. The van der Waals surface area contributed by atoms with E-state index >= 15 is 0 Å². The van der Waals surface area contributed by atoms with Gasteiger partial charge in [0.05, 0.1) is 27.6 Å². The minimum absolute atomic E-state index is 0.182. The van der Waals surface area contributed by atoms with Crippen molar-refractivity contribution in [2.45, 2.75) is 24.9 Å². The van der Waals surface area contributed by atoms with Crippen LogP contribution >= 0.6 is 0 Å². The Bertz CT molecular complexity index is 1070. The van der Waals surface area contributed by atoms with Gasteiger partial charge in [0.2, 0.25) is 15.9 Å². The second-order valence-electron chi connectivity index (χ2n) is 6.23. The van der Waals surface area contributed by atoms with Crippen molar-refractivity contribution < 1.29 is 31.3 Å². The molecule has 1 N–H and O–H groups in total. The number of aryl methyl sites for hydroxylation is 1. The number of carbonyl (C=O) groups excluding carboxylic acids is 1. The quantitative estimate of drug-likeness (QED) is 0.518. The molecule has 0 bridgehead atoms. The summed E-state index contributed by atoms with van der Waals surface area (Å²) in [6.45, 7) is 1.91. The van der Waals surface area contributed by atoms with Crippen LogP contribution in [-0.4, -0.2) is 36.6 Å². The number of halogens is 3. The molecule has 30 heavy (non-hydrogen) atoms. The number of likely N-dealkylation sites (N-methyl/N-ethyl adjacent to an activating group) is 1. The van der Waals surface area contributed by atoms with E-state index in [0.29, 0.717) is 0 Å². The van der Waals surface area contributed by atoms with Crippen LogP contribution in [0.1, 0.15) is 18.1 Å². The standard InChI is InChI=1S/C18H18F3N3O5S/c1-3-23(30(28,29)16-10-13(24(26)27)9-8-12(16)2)11-17(25)22-15-7-5-4-6-14(15)18(19,20)21/h4-10H,3,11H2,1-2H3,(H,22,25). The van der Waals surface area contributed by atoms with Crippen LogP contribution in [0.4, 0.5) is 24.5 Å². The lowest BCUT2D eigenvalue weighted by Gasteiger charge is -2.21. The highest BCUT2D eigenvalue weighted by molar-refractivity contribution is 7.89. The molecule has 0 unspecified atom stereocenters. The minimum Gasteiger partial charge on any atom is -0.324 e. The molecular weight excluding hydrogens is 427 g/mol. The summed E-state index contributed by atoms with van der Waals surface area (Å²) >= 11 is 0. The predicted octanol–water partition coefficient (Wildman–Crippen LogP) is 3.57. The molecule has 162 valence electrons. The second kappa shape index (κ2) is 8.79.